The van der Waals surface area contributed by atoms with Crippen LogP contribution in [0.2, 0.25) is 0 Å². The molecule has 2 aliphatic rings. The van der Waals surface area contributed by atoms with Gasteiger partial charge in [-0.25, -0.2) is 24.0 Å². The smallest absolute Gasteiger partial charge is 0.338 e. The van der Waals surface area contributed by atoms with Crippen LogP contribution in [0.15, 0.2) is 48.5 Å². The van der Waals surface area contributed by atoms with E-state index in [9.17, 15) is 33.6 Å². The third-order valence-corrected chi connectivity index (χ3v) is 10.8. The lowest BCUT2D eigenvalue weighted by atomic mass is 10.0. The van der Waals surface area contributed by atoms with Gasteiger partial charge in [0.2, 0.25) is 5.91 Å². The number of urea groups is 1. The molecule has 2 heterocycles. The lowest BCUT2D eigenvalue weighted by Gasteiger charge is -2.19. The van der Waals surface area contributed by atoms with Gasteiger partial charge < -0.3 is 53.8 Å². The monoisotopic (exact) mass is 901 g/mol. The Bertz CT molecular complexity index is 1800. The van der Waals surface area contributed by atoms with Crippen LogP contribution in [0.1, 0.15) is 101 Å². The van der Waals surface area contributed by atoms with Crippen molar-refractivity contribution in [1.29, 1.82) is 0 Å². The SMILES string of the molecule is CC(C)(C)OC(=O)CCOCCCOC(=O)c1ccc(C(=O)OCCOC(=O)c2ccc(C(=O)OCCOCCOCCNC(=O)CCCCC3SC[C@H]4NC(=O)N[C@@H]34)cc2)cc1. The number of thioether (sulfide) groups is 1. The number of fused-ring (bicyclic) bond motifs is 1. The van der Waals surface area contributed by atoms with E-state index >= 15 is 0 Å². The van der Waals surface area contributed by atoms with Gasteiger partial charge in [0.05, 0.1) is 80.4 Å². The molecule has 1 unspecified atom stereocenters. The molecule has 346 valence electrons. The number of benzene rings is 2. The molecule has 63 heavy (non-hydrogen) atoms. The first-order valence-corrected chi connectivity index (χ1v) is 22.1. The van der Waals surface area contributed by atoms with Gasteiger partial charge in [-0.15, -0.1) is 0 Å². The van der Waals surface area contributed by atoms with E-state index in [0.29, 0.717) is 44.5 Å². The highest BCUT2D eigenvalue weighted by Gasteiger charge is 2.42. The average Bonchev–Trinajstić information content (AvgIpc) is 3.82. The Morgan fingerprint density at radius 3 is 1.65 bits per heavy atom. The van der Waals surface area contributed by atoms with Gasteiger partial charge in [-0.05, 0) is 82.1 Å². The molecule has 2 saturated heterocycles. The predicted octanol–water partition coefficient (Wildman–Crippen LogP) is 4.03. The van der Waals surface area contributed by atoms with E-state index in [1.54, 1.807) is 20.8 Å². The number of esters is 5. The van der Waals surface area contributed by atoms with Crippen LogP contribution in [-0.4, -0.2) is 143 Å². The fourth-order valence-electron chi connectivity index (χ4n) is 6.20. The van der Waals surface area contributed by atoms with E-state index in [1.165, 1.54) is 48.5 Å². The minimum atomic E-state index is -0.678. The standard InChI is InChI=1S/C44H59N3O15S/c1-44(2,3)62-37(49)17-21-55-19-6-20-58-39(50)30-9-11-32(12-10-30)41(52)60-27-28-61-42(53)33-15-13-31(14-16-33)40(51)59-26-25-57-24-23-56-22-18-45-36(48)8-5-4-7-35-38-34(29-63-35)46-43(54)47-38/h9-16,34-35,38H,4-8,17-29H2,1-3H3,(H,45,48)(H2,46,47,54)/t34-,35?,38-/m1/s1. The van der Waals surface area contributed by atoms with Crippen LogP contribution in [0.3, 0.4) is 0 Å². The molecule has 0 saturated carbocycles. The summed E-state index contributed by atoms with van der Waals surface area (Å²) in [5.74, 6) is -1.97. The number of rotatable bonds is 28. The molecule has 0 bridgehead atoms. The fraction of sp³-hybridized carbons (Fsp3) is 0.568. The number of unbranched alkanes of at least 4 members (excludes halogenated alkanes) is 1. The molecular weight excluding hydrogens is 843 g/mol. The summed E-state index contributed by atoms with van der Waals surface area (Å²) in [4.78, 5) is 84.9. The number of carbonyl (C=O) groups is 7. The van der Waals surface area contributed by atoms with Crippen molar-refractivity contribution in [2.24, 2.45) is 0 Å². The third-order valence-electron chi connectivity index (χ3n) is 9.28. The quantitative estimate of drug-likeness (QED) is 0.0474. The molecule has 2 aliphatic heterocycles. The molecule has 3 atom stereocenters. The van der Waals surface area contributed by atoms with Crippen molar-refractivity contribution in [3.63, 3.8) is 0 Å². The zero-order chi connectivity index (χ0) is 45.5. The molecule has 2 aromatic rings. The van der Waals surface area contributed by atoms with Crippen molar-refractivity contribution in [3.05, 3.63) is 70.8 Å². The zero-order valence-corrected chi connectivity index (χ0v) is 36.9. The molecule has 3 amide bonds. The second-order valence-corrected chi connectivity index (χ2v) is 16.7. The minimum absolute atomic E-state index is 0.0123. The van der Waals surface area contributed by atoms with Gasteiger partial charge in [-0.2, -0.15) is 11.8 Å². The molecule has 0 aliphatic carbocycles. The zero-order valence-electron chi connectivity index (χ0n) is 36.1. The lowest BCUT2D eigenvalue weighted by molar-refractivity contribution is -0.156. The maximum Gasteiger partial charge on any atom is 0.338 e. The highest BCUT2D eigenvalue weighted by Crippen LogP contribution is 2.33. The minimum Gasteiger partial charge on any atom is -0.462 e. The van der Waals surface area contributed by atoms with Crippen LogP contribution in [0.4, 0.5) is 4.79 Å². The Hall–Kier alpha value is -5.24. The highest BCUT2D eigenvalue weighted by molar-refractivity contribution is 8.00. The van der Waals surface area contributed by atoms with Gasteiger partial charge in [0.25, 0.3) is 0 Å². The van der Waals surface area contributed by atoms with Crippen molar-refractivity contribution < 1.29 is 71.5 Å². The first-order chi connectivity index (χ1) is 30.3. The van der Waals surface area contributed by atoms with E-state index in [4.69, 9.17) is 37.9 Å². The Morgan fingerprint density at radius 1 is 0.603 bits per heavy atom. The van der Waals surface area contributed by atoms with Crippen LogP contribution < -0.4 is 16.0 Å². The van der Waals surface area contributed by atoms with E-state index in [1.807, 2.05) is 11.8 Å². The summed E-state index contributed by atoms with van der Waals surface area (Å²) in [6.45, 7) is 7.05. The van der Waals surface area contributed by atoms with Crippen LogP contribution in [0, 0.1) is 0 Å². The summed E-state index contributed by atoms with van der Waals surface area (Å²) in [6.07, 6.45) is 3.69. The number of hydrogen-bond donors (Lipinski definition) is 3. The first-order valence-electron chi connectivity index (χ1n) is 21.1. The Morgan fingerprint density at radius 2 is 1.10 bits per heavy atom. The van der Waals surface area contributed by atoms with Crippen molar-refractivity contribution in [2.75, 3.05) is 78.4 Å². The average molecular weight is 902 g/mol. The van der Waals surface area contributed by atoms with Crippen molar-refractivity contribution in [3.8, 4) is 0 Å². The molecular formula is C44H59N3O15S. The van der Waals surface area contributed by atoms with E-state index in [-0.39, 0.29) is 105 Å². The van der Waals surface area contributed by atoms with Gasteiger partial charge in [0.15, 0.2) is 0 Å². The van der Waals surface area contributed by atoms with Crippen LogP contribution in [-0.2, 0) is 47.5 Å². The maximum absolute atomic E-state index is 12.5. The van der Waals surface area contributed by atoms with E-state index < -0.39 is 29.5 Å². The lowest BCUT2D eigenvalue weighted by Crippen LogP contribution is -2.36. The fourth-order valence-corrected chi connectivity index (χ4v) is 7.75. The van der Waals surface area contributed by atoms with Crippen molar-refractivity contribution in [2.45, 2.75) is 82.2 Å². The van der Waals surface area contributed by atoms with Crippen molar-refractivity contribution >= 4 is 53.5 Å². The Kier molecular flexibility index (Phi) is 21.6. The van der Waals surface area contributed by atoms with Gasteiger partial charge in [0.1, 0.15) is 25.4 Å². The Balaban J connectivity index is 0.950. The second kappa shape index (κ2) is 27.1. The molecule has 0 aromatic heterocycles. The number of nitrogens with one attached hydrogen (secondary N) is 3. The summed E-state index contributed by atoms with van der Waals surface area (Å²) >= 11 is 1.87. The number of carbonyl (C=O) groups excluding carboxylic acids is 7. The van der Waals surface area contributed by atoms with Gasteiger partial charge >= 0.3 is 35.9 Å². The van der Waals surface area contributed by atoms with Gasteiger partial charge in [0, 0.05) is 37.0 Å². The largest absolute Gasteiger partial charge is 0.462 e. The molecule has 0 spiro atoms. The summed E-state index contributed by atoms with van der Waals surface area (Å²) in [7, 11) is 0. The normalized spacial score (nSPS) is 16.6. The van der Waals surface area contributed by atoms with E-state index in [2.05, 4.69) is 16.0 Å². The number of ether oxygens (including phenoxy) is 8. The van der Waals surface area contributed by atoms with Crippen LogP contribution in [0.5, 0.6) is 0 Å². The van der Waals surface area contributed by atoms with Crippen molar-refractivity contribution in [1.82, 2.24) is 16.0 Å². The molecule has 18 nitrogen and oxygen atoms in total. The molecule has 19 heteroatoms. The molecule has 3 N–H and O–H groups in total. The third kappa shape index (κ3) is 19.4. The second-order valence-electron chi connectivity index (χ2n) is 15.4. The molecule has 4 rings (SSSR count). The molecule has 2 aromatic carbocycles. The number of hydrogen-bond acceptors (Lipinski definition) is 16. The molecule has 0 radical (unpaired) electrons. The maximum atomic E-state index is 12.5. The first kappa shape index (κ1) is 50.4. The summed E-state index contributed by atoms with van der Waals surface area (Å²) in [6, 6.07) is 11.7. The van der Waals surface area contributed by atoms with Crippen LogP contribution >= 0.6 is 11.8 Å². The predicted molar refractivity (Wildman–Crippen MR) is 229 cm³/mol. The Labute approximate surface area is 371 Å². The van der Waals surface area contributed by atoms with Crippen LogP contribution in [0.25, 0.3) is 0 Å². The van der Waals surface area contributed by atoms with Gasteiger partial charge in [-0.1, -0.05) is 6.42 Å². The summed E-state index contributed by atoms with van der Waals surface area (Å²) < 4.78 is 42.3. The number of amides is 3. The summed E-state index contributed by atoms with van der Waals surface area (Å²) in [5.41, 5.74) is 0.283. The summed E-state index contributed by atoms with van der Waals surface area (Å²) in [5, 5.41) is 9.15. The molecule has 2 fully saturated rings. The van der Waals surface area contributed by atoms with Gasteiger partial charge in [-0.3, -0.25) is 9.59 Å². The van der Waals surface area contributed by atoms with E-state index in [0.717, 1.165) is 25.0 Å². The highest BCUT2D eigenvalue weighted by atomic mass is 32.2. The topological polar surface area (TPSA) is 229 Å².